The number of hydrogen-bond acceptors (Lipinski definition) is 2. The molecule has 0 radical (unpaired) electrons. The molecule has 0 unspecified atom stereocenters. The number of benzene rings is 1. The second-order valence-electron chi connectivity index (χ2n) is 7.28. The van der Waals surface area contributed by atoms with Gasteiger partial charge in [-0.15, -0.1) is 0 Å². The first-order valence-electron chi connectivity index (χ1n) is 10.5. The number of anilines is 1. The Balaban J connectivity index is 1.85. The molecule has 0 saturated heterocycles. The molecule has 0 saturated carbocycles. The number of hydrogen-bond donors (Lipinski definition) is 0. The van der Waals surface area contributed by atoms with Gasteiger partial charge in [0.05, 0.1) is 5.69 Å². The van der Waals surface area contributed by atoms with Crippen LogP contribution in [0.1, 0.15) is 83.6 Å². The van der Waals surface area contributed by atoms with Gasteiger partial charge in [0.1, 0.15) is 0 Å². The Bertz CT molecular complexity index is 429. The van der Waals surface area contributed by atoms with E-state index in [1.807, 2.05) is 0 Å². The van der Waals surface area contributed by atoms with E-state index >= 15 is 0 Å². The number of fused-ring (bicyclic) bond motifs is 1. The normalized spacial score (nSPS) is 13.7. The quantitative estimate of drug-likeness (QED) is 0.397. The largest absolute Gasteiger partial charge is 0.305 e. The number of hydrazine groups is 1. The zero-order chi connectivity index (χ0) is 17.0. The van der Waals surface area contributed by atoms with Crippen LogP contribution in [0.4, 0.5) is 5.69 Å². The lowest BCUT2D eigenvalue weighted by molar-refractivity contribution is 0.242. The standard InChI is InChI=1S/C22H38N2/c1-3-5-7-9-13-18-23(19-14-10-8-6-4-2)24-20-17-21-15-11-12-16-22(21)24/h11-12,15-16H,3-10,13-14,17-20H2,1-2H3. The minimum absolute atomic E-state index is 1.17. The van der Waals surface area contributed by atoms with Crippen LogP contribution < -0.4 is 5.01 Å². The molecule has 2 nitrogen and oxygen atoms in total. The highest BCUT2D eigenvalue weighted by Gasteiger charge is 2.23. The van der Waals surface area contributed by atoms with Gasteiger partial charge in [-0.25, -0.2) is 5.01 Å². The molecule has 1 aliphatic rings. The minimum Gasteiger partial charge on any atom is -0.305 e. The Morgan fingerprint density at radius 3 is 2.00 bits per heavy atom. The van der Waals surface area contributed by atoms with E-state index in [2.05, 4.69) is 48.1 Å². The van der Waals surface area contributed by atoms with Gasteiger partial charge in [0.25, 0.3) is 0 Å². The molecule has 0 aliphatic carbocycles. The Morgan fingerprint density at radius 2 is 1.38 bits per heavy atom. The van der Waals surface area contributed by atoms with Crippen LogP contribution in [0.25, 0.3) is 0 Å². The molecule has 2 rings (SSSR count). The Kier molecular flexibility index (Phi) is 9.27. The first kappa shape index (κ1) is 19.3. The summed E-state index contributed by atoms with van der Waals surface area (Å²) in [6.07, 6.45) is 14.9. The fraction of sp³-hybridized carbons (Fsp3) is 0.727. The summed E-state index contributed by atoms with van der Waals surface area (Å²) in [6.45, 7) is 8.22. The number of unbranched alkanes of at least 4 members (excludes halogenated alkanes) is 8. The van der Waals surface area contributed by atoms with Crippen molar-refractivity contribution < 1.29 is 0 Å². The van der Waals surface area contributed by atoms with Crippen molar-refractivity contribution in [2.24, 2.45) is 0 Å². The average molecular weight is 331 g/mol. The van der Waals surface area contributed by atoms with Gasteiger partial charge in [-0.3, -0.25) is 0 Å². The number of para-hydroxylation sites is 1. The summed E-state index contributed by atoms with van der Waals surface area (Å²) in [5.41, 5.74) is 2.99. The van der Waals surface area contributed by atoms with Crippen molar-refractivity contribution in [2.75, 3.05) is 24.6 Å². The molecule has 0 bridgehead atoms. The summed E-state index contributed by atoms with van der Waals surface area (Å²) in [4.78, 5) is 0. The molecule has 0 aromatic heterocycles. The second-order valence-corrected chi connectivity index (χ2v) is 7.28. The van der Waals surface area contributed by atoms with Gasteiger partial charge >= 0.3 is 0 Å². The van der Waals surface area contributed by atoms with E-state index in [0.29, 0.717) is 0 Å². The monoisotopic (exact) mass is 330 g/mol. The van der Waals surface area contributed by atoms with E-state index < -0.39 is 0 Å². The molecule has 136 valence electrons. The molecule has 0 N–H and O–H groups in total. The predicted octanol–water partition coefficient (Wildman–Crippen LogP) is 6.21. The van der Waals surface area contributed by atoms with E-state index in [1.165, 1.54) is 102 Å². The van der Waals surface area contributed by atoms with E-state index in [1.54, 1.807) is 0 Å². The predicted molar refractivity (Wildman–Crippen MR) is 107 cm³/mol. The molecule has 0 spiro atoms. The van der Waals surface area contributed by atoms with Gasteiger partial charge in [0.15, 0.2) is 0 Å². The van der Waals surface area contributed by atoms with Crippen molar-refractivity contribution in [1.29, 1.82) is 0 Å². The average Bonchev–Trinajstić information content (AvgIpc) is 3.03. The molecule has 1 aliphatic heterocycles. The minimum atomic E-state index is 1.17. The van der Waals surface area contributed by atoms with Gasteiger partial charge in [0.2, 0.25) is 0 Å². The van der Waals surface area contributed by atoms with Crippen LogP contribution in [0.5, 0.6) is 0 Å². The molecule has 2 heteroatoms. The van der Waals surface area contributed by atoms with E-state index in [9.17, 15) is 0 Å². The van der Waals surface area contributed by atoms with Crippen LogP contribution in [-0.2, 0) is 6.42 Å². The van der Waals surface area contributed by atoms with Crippen molar-refractivity contribution in [3.8, 4) is 0 Å². The second kappa shape index (κ2) is 11.5. The zero-order valence-corrected chi connectivity index (χ0v) is 16.1. The fourth-order valence-corrected chi connectivity index (χ4v) is 3.76. The van der Waals surface area contributed by atoms with Crippen LogP contribution >= 0.6 is 0 Å². The van der Waals surface area contributed by atoms with Crippen molar-refractivity contribution in [2.45, 2.75) is 84.5 Å². The molecular weight excluding hydrogens is 292 g/mol. The van der Waals surface area contributed by atoms with Crippen LogP contribution in [0, 0.1) is 0 Å². The third-order valence-corrected chi connectivity index (χ3v) is 5.24. The lowest BCUT2D eigenvalue weighted by atomic mass is 10.1. The van der Waals surface area contributed by atoms with Gasteiger partial charge < -0.3 is 5.01 Å². The fourth-order valence-electron chi connectivity index (χ4n) is 3.76. The van der Waals surface area contributed by atoms with Crippen LogP contribution in [0.15, 0.2) is 24.3 Å². The number of nitrogens with zero attached hydrogens (tertiary/aromatic N) is 2. The van der Waals surface area contributed by atoms with Crippen molar-refractivity contribution in [3.63, 3.8) is 0 Å². The molecule has 1 heterocycles. The highest BCUT2D eigenvalue weighted by Crippen LogP contribution is 2.29. The zero-order valence-electron chi connectivity index (χ0n) is 16.1. The van der Waals surface area contributed by atoms with Crippen molar-refractivity contribution in [1.82, 2.24) is 5.01 Å². The lowest BCUT2D eigenvalue weighted by Crippen LogP contribution is -2.43. The van der Waals surface area contributed by atoms with E-state index in [0.717, 1.165) is 0 Å². The topological polar surface area (TPSA) is 6.48 Å². The maximum Gasteiger partial charge on any atom is 0.0554 e. The Morgan fingerprint density at radius 1 is 0.792 bits per heavy atom. The van der Waals surface area contributed by atoms with E-state index in [-0.39, 0.29) is 0 Å². The number of rotatable bonds is 13. The maximum absolute atomic E-state index is 2.66. The van der Waals surface area contributed by atoms with Crippen molar-refractivity contribution in [3.05, 3.63) is 29.8 Å². The van der Waals surface area contributed by atoms with Crippen LogP contribution in [0.2, 0.25) is 0 Å². The third-order valence-electron chi connectivity index (χ3n) is 5.24. The SMILES string of the molecule is CCCCCCCN(CCCCCCC)N1CCc2ccccc21. The summed E-state index contributed by atoms with van der Waals surface area (Å²) in [5, 5.41) is 5.23. The van der Waals surface area contributed by atoms with Gasteiger partial charge in [-0.2, -0.15) is 0 Å². The summed E-state index contributed by atoms with van der Waals surface area (Å²) in [5.74, 6) is 0. The summed E-state index contributed by atoms with van der Waals surface area (Å²) in [6, 6.07) is 8.99. The first-order valence-corrected chi connectivity index (χ1v) is 10.5. The lowest BCUT2D eigenvalue weighted by Gasteiger charge is -2.34. The molecule has 24 heavy (non-hydrogen) atoms. The highest BCUT2D eigenvalue weighted by molar-refractivity contribution is 5.56. The summed E-state index contributed by atoms with van der Waals surface area (Å²) in [7, 11) is 0. The summed E-state index contributed by atoms with van der Waals surface area (Å²) >= 11 is 0. The Labute approximate surface area is 150 Å². The molecule has 1 aromatic carbocycles. The first-order chi connectivity index (χ1) is 11.9. The van der Waals surface area contributed by atoms with Gasteiger partial charge in [-0.1, -0.05) is 83.4 Å². The van der Waals surface area contributed by atoms with Crippen LogP contribution in [0.3, 0.4) is 0 Å². The van der Waals surface area contributed by atoms with Gasteiger partial charge in [-0.05, 0) is 30.9 Å². The van der Waals surface area contributed by atoms with Crippen LogP contribution in [-0.4, -0.2) is 24.6 Å². The van der Waals surface area contributed by atoms with Gasteiger partial charge in [0, 0.05) is 19.6 Å². The highest BCUT2D eigenvalue weighted by atomic mass is 15.6. The van der Waals surface area contributed by atoms with Crippen molar-refractivity contribution >= 4 is 5.69 Å². The molecule has 0 amide bonds. The molecular formula is C22H38N2. The molecule has 0 fully saturated rings. The van der Waals surface area contributed by atoms with E-state index in [4.69, 9.17) is 0 Å². The molecule has 1 aromatic rings. The third kappa shape index (κ3) is 6.12. The molecule has 0 atom stereocenters. The maximum atomic E-state index is 2.66. The smallest absolute Gasteiger partial charge is 0.0554 e. The summed E-state index contributed by atoms with van der Waals surface area (Å²) < 4.78 is 0. The Hall–Kier alpha value is -1.02.